The molecule has 3 heteroatoms. The monoisotopic (exact) mass is 274 g/mol. The first-order valence-electron chi connectivity index (χ1n) is 7.24. The Morgan fingerprint density at radius 3 is 2.45 bits per heavy atom. The Balaban J connectivity index is 2.38. The summed E-state index contributed by atoms with van der Waals surface area (Å²) in [6, 6.07) is 9.02. The van der Waals surface area contributed by atoms with Gasteiger partial charge in [-0.3, -0.25) is 4.79 Å². The van der Waals surface area contributed by atoms with Crippen LogP contribution in [0.4, 0.5) is 0 Å². The molecule has 0 aromatic heterocycles. The van der Waals surface area contributed by atoms with Crippen molar-refractivity contribution < 1.29 is 14.6 Å². The van der Waals surface area contributed by atoms with Gasteiger partial charge in [-0.05, 0) is 32.3 Å². The topological polar surface area (TPSA) is 46.5 Å². The molecule has 1 aliphatic carbocycles. The highest BCUT2D eigenvalue weighted by Crippen LogP contribution is 2.46. The summed E-state index contributed by atoms with van der Waals surface area (Å²) in [4.78, 5) is 12.4. The predicted octanol–water partition coefficient (Wildman–Crippen LogP) is 3.33. The average Bonchev–Trinajstić information content (AvgIpc) is 2.46. The van der Waals surface area contributed by atoms with Crippen LogP contribution in [0.15, 0.2) is 41.7 Å². The minimum atomic E-state index is -1.59. The Morgan fingerprint density at radius 2 is 1.90 bits per heavy atom. The van der Waals surface area contributed by atoms with Crippen LogP contribution < -0.4 is 0 Å². The van der Waals surface area contributed by atoms with E-state index in [1.165, 1.54) is 0 Å². The van der Waals surface area contributed by atoms with Crippen molar-refractivity contribution in [1.82, 2.24) is 0 Å². The molecule has 0 saturated carbocycles. The molecular formula is C17H22O3. The molecule has 20 heavy (non-hydrogen) atoms. The van der Waals surface area contributed by atoms with E-state index in [0.29, 0.717) is 23.3 Å². The summed E-state index contributed by atoms with van der Waals surface area (Å²) in [6.45, 7) is 5.88. The molecule has 0 amide bonds. The number of hydrogen-bond acceptors (Lipinski definition) is 3. The molecule has 1 aromatic rings. The van der Waals surface area contributed by atoms with E-state index in [9.17, 15) is 9.90 Å². The lowest BCUT2D eigenvalue weighted by Crippen LogP contribution is -2.49. The van der Waals surface area contributed by atoms with Crippen LogP contribution in [0, 0.1) is 0 Å². The van der Waals surface area contributed by atoms with Crippen molar-refractivity contribution in [3.8, 4) is 0 Å². The van der Waals surface area contributed by atoms with E-state index < -0.39 is 5.60 Å². The number of carbonyl (C=O) groups is 1. The van der Waals surface area contributed by atoms with Gasteiger partial charge in [0, 0.05) is 5.57 Å². The maximum Gasteiger partial charge on any atom is 0.210 e. The summed E-state index contributed by atoms with van der Waals surface area (Å²) >= 11 is 0. The first kappa shape index (κ1) is 14.8. The van der Waals surface area contributed by atoms with E-state index >= 15 is 0 Å². The highest BCUT2D eigenvalue weighted by Gasteiger charge is 2.55. The minimum absolute atomic E-state index is 0.0648. The SMILES string of the molecule is CCCCC1=C(OC(C)C)C(O)(c2ccccc2)C1=O. The second-order valence-corrected chi connectivity index (χ2v) is 5.48. The highest BCUT2D eigenvalue weighted by molar-refractivity contribution is 6.12. The van der Waals surface area contributed by atoms with Crippen molar-refractivity contribution in [2.75, 3.05) is 0 Å². The molecule has 2 rings (SSSR count). The van der Waals surface area contributed by atoms with Gasteiger partial charge in [-0.2, -0.15) is 0 Å². The van der Waals surface area contributed by atoms with Crippen molar-refractivity contribution >= 4 is 5.78 Å². The zero-order valence-electron chi connectivity index (χ0n) is 12.3. The summed E-state index contributed by atoms with van der Waals surface area (Å²) in [6.07, 6.45) is 2.55. The van der Waals surface area contributed by atoms with Crippen LogP contribution in [0.25, 0.3) is 0 Å². The molecule has 0 fully saturated rings. The molecule has 0 saturated heterocycles. The van der Waals surface area contributed by atoms with Crippen molar-refractivity contribution in [3.05, 3.63) is 47.2 Å². The van der Waals surface area contributed by atoms with E-state index in [1.807, 2.05) is 32.0 Å². The van der Waals surface area contributed by atoms with Crippen molar-refractivity contribution in [1.29, 1.82) is 0 Å². The van der Waals surface area contributed by atoms with Crippen LogP contribution >= 0.6 is 0 Å². The van der Waals surface area contributed by atoms with E-state index in [2.05, 4.69) is 6.92 Å². The number of Topliss-reactive ketones (excluding diaryl/α,β-unsaturated/α-hetero) is 1. The van der Waals surface area contributed by atoms with Gasteiger partial charge in [-0.25, -0.2) is 0 Å². The van der Waals surface area contributed by atoms with E-state index in [-0.39, 0.29) is 11.9 Å². The fourth-order valence-corrected chi connectivity index (χ4v) is 2.49. The number of ether oxygens (including phenoxy) is 1. The Kier molecular flexibility index (Phi) is 4.29. The lowest BCUT2D eigenvalue weighted by molar-refractivity contribution is -0.143. The minimum Gasteiger partial charge on any atom is -0.491 e. The molecule has 0 radical (unpaired) electrons. The third-order valence-electron chi connectivity index (χ3n) is 3.53. The third-order valence-corrected chi connectivity index (χ3v) is 3.53. The zero-order chi connectivity index (χ0) is 14.8. The molecule has 0 aliphatic heterocycles. The first-order chi connectivity index (χ1) is 9.51. The number of rotatable bonds is 6. The van der Waals surface area contributed by atoms with Gasteiger partial charge >= 0.3 is 0 Å². The number of aliphatic hydroxyl groups is 1. The summed E-state index contributed by atoms with van der Waals surface area (Å²) in [5, 5.41) is 10.8. The van der Waals surface area contributed by atoms with Crippen LogP contribution in [-0.4, -0.2) is 17.0 Å². The van der Waals surface area contributed by atoms with Crippen molar-refractivity contribution in [2.45, 2.75) is 51.7 Å². The molecule has 0 bridgehead atoms. The number of benzene rings is 1. The average molecular weight is 274 g/mol. The van der Waals surface area contributed by atoms with Crippen molar-refractivity contribution in [2.24, 2.45) is 0 Å². The van der Waals surface area contributed by atoms with Crippen LogP contribution in [0.3, 0.4) is 0 Å². The molecule has 0 heterocycles. The molecule has 1 aliphatic rings. The van der Waals surface area contributed by atoms with Crippen LogP contribution in [-0.2, 0) is 15.1 Å². The second-order valence-electron chi connectivity index (χ2n) is 5.48. The number of ketones is 1. The fraction of sp³-hybridized carbons (Fsp3) is 0.471. The van der Waals surface area contributed by atoms with E-state index in [4.69, 9.17) is 4.74 Å². The Morgan fingerprint density at radius 1 is 1.25 bits per heavy atom. The summed E-state index contributed by atoms with van der Waals surface area (Å²) in [5.74, 6) is 0.227. The first-order valence-corrected chi connectivity index (χ1v) is 7.24. The second kappa shape index (κ2) is 5.80. The van der Waals surface area contributed by atoms with Gasteiger partial charge in [-0.15, -0.1) is 0 Å². The van der Waals surface area contributed by atoms with Gasteiger partial charge in [0.2, 0.25) is 11.4 Å². The number of carbonyl (C=O) groups excluding carboxylic acids is 1. The van der Waals surface area contributed by atoms with Crippen molar-refractivity contribution in [3.63, 3.8) is 0 Å². The number of unbranched alkanes of at least 4 members (excludes halogenated alkanes) is 1. The van der Waals surface area contributed by atoms with Crippen LogP contribution in [0.5, 0.6) is 0 Å². The largest absolute Gasteiger partial charge is 0.491 e. The lowest BCUT2D eigenvalue weighted by atomic mass is 9.71. The third kappa shape index (κ3) is 2.38. The Labute approximate surface area is 120 Å². The van der Waals surface area contributed by atoms with Crippen LogP contribution in [0.2, 0.25) is 0 Å². The molecule has 0 spiro atoms. The zero-order valence-corrected chi connectivity index (χ0v) is 12.3. The molecule has 1 atom stereocenters. The quantitative estimate of drug-likeness (QED) is 0.865. The smallest absolute Gasteiger partial charge is 0.210 e. The Bertz CT molecular complexity index is 516. The summed E-state index contributed by atoms with van der Waals surface area (Å²) in [7, 11) is 0. The van der Waals surface area contributed by atoms with E-state index in [1.54, 1.807) is 12.1 Å². The molecule has 3 nitrogen and oxygen atoms in total. The van der Waals surface area contributed by atoms with E-state index in [0.717, 1.165) is 12.8 Å². The summed E-state index contributed by atoms with van der Waals surface area (Å²) in [5.41, 5.74) is -0.359. The maximum atomic E-state index is 12.4. The molecule has 1 aromatic carbocycles. The molecular weight excluding hydrogens is 252 g/mol. The highest BCUT2D eigenvalue weighted by atomic mass is 16.5. The van der Waals surface area contributed by atoms with Gasteiger partial charge in [0.1, 0.15) is 5.76 Å². The molecule has 1 unspecified atom stereocenters. The maximum absolute atomic E-state index is 12.4. The number of hydrogen-bond donors (Lipinski definition) is 1. The normalized spacial score (nSPS) is 22.1. The van der Waals surface area contributed by atoms with Gasteiger partial charge in [0.25, 0.3) is 0 Å². The van der Waals surface area contributed by atoms with Gasteiger partial charge in [0.15, 0.2) is 0 Å². The van der Waals surface area contributed by atoms with Crippen LogP contribution in [0.1, 0.15) is 45.6 Å². The fourth-order valence-electron chi connectivity index (χ4n) is 2.49. The molecule has 1 N–H and O–H groups in total. The molecule has 108 valence electrons. The lowest BCUT2D eigenvalue weighted by Gasteiger charge is -2.40. The Hall–Kier alpha value is -1.61. The van der Waals surface area contributed by atoms with Gasteiger partial charge in [-0.1, -0.05) is 43.7 Å². The van der Waals surface area contributed by atoms with Gasteiger partial charge in [0.05, 0.1) is 6.10 Å². The standard InChI is InChI=1S/C17H22O3/c1-4-5-11-14-15(18)17(19,16(14)20-12(2)3)13-9-7-6-8-10-13/h6-10,12,19H,4-5,11H2,1-3H3. The predicted molar refractivity (Wildman–Crippen MR) is 78.1 cm³/mol. The summed E-state index contributed by atoms with van der Waals surface area (Å²) < 4.78 is 5.75. The van der Waals surface area contributed by atoms with Gasteiger partial charge < -0.3 is 9.84 Å².